The highest BCUT2D eigenvalue weighted by atomic mass is 79.9. The Balaban J connectivity index is 3.25. The van der Waals surface area contributed by atoms with Crippen molar-refractivity contribution in [1.82, 2.24) is 4.57 Å². The number of aryl methyl sites for hydroxylation is 1. The Morgan fingerprint density at radius 3 is 2.89 bits per heavy atom. The van der Waals surface area contributed by atoms with Crippen molar-refractivity contribution in [3.63, 3.8) is 0 Å². The number of nitrogens with zero attached hydrogens (tertiary/aromatic N) is 1. The Kier molecular flexibility index (Phi) is 5.34. The van der Waals surface area contributed by atoms with Crippen molar-refractivity contribution in [2.45, 2.75) is 19.3 Å². The van der Waals surface area contributed by atoms with Crippen molar-refractivity contribution in [2.75, 3.05) is 6.61 Å². The lowest BCUT2D eigenvalue weighted by molar-refractivity contribution is -0.144. The van der Waals surface area contributed by atoms with Crippen LogP contribution in [0.3, 0.4) is 0 Å². The van der Waals surface area contributed by atoms with Crippen molar-refractivity contribution in [3.8, 4) is 0 Å². The average Bonchev–Trinajstić information content (AvgIpc) is 2.31. The van der Waals surface area contributed by atoms with E-state index >= 15 is 0 Å². The molecule has 1 unspecified atom stereocenters. The molecule has 4 nitrogen and oxygen atoms in total. The van der Waals surface area contributed by atoms with Crippen molar-refractivity contribution in [1.29, 1.82) is 0 Å². The van der Waals surface area contributed by atoms with E-state index in [9.17, 15) is 9.59 Å². The lowest BCUT2D eigenvalue weighted by Crippen LogP contribution is -2.27. The normalized spacial score (nSPS) is 11.9. The predicted molar refractivity (Wildman–Crippen MR) is 73.6 cm³/mol. The molecular weight excluding hydrogens is 298 g/mol. The molecule has 1 rings (SSSR count). The van der Waals surface area contributed by atoms with E-state index in [1.54, 1.807) is 32.3 Å². The first kappa shape index (κ1) is 14.7. The van der Waals surface area contributed by atoms with Gasteiger partial charge in [-0.1, -0.05) is 6.08 Å². The maximum Gasteiger partial charge on any atom is 0.313 e. The van der Waals surface area contributed by atoms with Crippen molar-refractivity contribution in [3.05, 3.63) is 45.3 Å². The number of carbonyl (C=O) groups excluding carboxylic acids is 1. The summed E-state index contributed by atoms with van der Waals surface area (Å²) in [5.74, 6) is -0.994. The number of aromatic nitrogens is 1. The molecule has 0 N–H and O–H groups in total. The van der Waals surface area contributed by atoms with Gasteiger partial charge in [0.25, 0.3) is 5.56 Å². The highest BCUT2D eigenvalue weighted by molar-refractivity contribution is 9.10. The Bertz CT molecular complexity index is 507. The SMILES string of the molecule is C=CCC(C(=O)OCC)c1cc(Br)cn(C)c1=O. The minimum Gasteiger partial charge on any atom is -0.466 e. The first-order valence-electron chi connectivity index (χ1n) is 5.64. The summed E-state index contributed by atoms with van der Waals surface area (Å²) in [6.07, 6.45) is 3.65. The zero-order chi connectivity index (χ0) is 13.7. The predicted octanol–water partition coefficient (Wildman–Crippen LogP) is 2.37. The molecule has 0 saturated heterocycles. The van der Waals surface area contributed by atoms with E-state index in [-0.39, 0.29) is 5.56 Å². The van der Waals surface area contributed by atoms with Crippen LogP contribution < -0.4 is 5.56 Å². The summed E-state index contributed by atoms with van der Waals surface area (Å²) in [5.41, 5.74) is 0.225. The van der Waals surface area contributed by atoms with Gasteiger partial charge in [0.15, 0.2) is 0 Å². The molecular formula is C13H16BrNO3. The van der Waals surface area contributed by atoms with Gasteiger partial charge in [0, 0.05) is 23.3 Å². The minimum atomic E-state index is -0.598. The van der Waals surface area contributed by atoms with Crippen LogP contribution in [0.1, 0.15) is 24.8 Å². The molecule has 0 aliphatic rings. The molecule has 0 fully saturated rings. The fourth-order valence-electron chi connectivity index (χ4n) is 1.70. The monoisotopic (exact) mass is 313 g/mol. The molecule has 1 heterocycles. The summed E-state index contributed by atoms with van der Waals surface area (Å²) in [6.45, 7) is 5.65. The fraction of sp³-hybridized carbons (Fsp3) is 0.385. The molecule has 0 aromatic carbocycles. The number of rotatable bonds is 5. The van der Waals surface area contributed by atoms with Crippen molar-refractivity contribution >= 4 is 21.9 Å². The number of carbonyl (C=O) groups is 1. The Labute approximate surface area is 114 Å². The van der Waals surface area contributed by atoms with Gasteiger partial charge in [0.05, 0.1) is 12.5 Å². The summed E-state index contributed by atoms with van der Waals surface area (Å²) in [5, 5.41) is 0. The molecule has 0 spiro atoms. The van der Waals surface area contributed by atoms with Crippen LogP contribution in [-0.2, 0) is 16.6 Å². The van der Waals surface area contributed by atoms with Gasteiger partial charge >= 0.3 is 5.97 Å². The van der Waals surface area contributed by atoms with Crippen LogP contribution in [-0.4, -0.2) is 17.1 Å². The topological polar surface area (TPSA) is 48.3 Å². The van der Waals surface area contributed by atoms with E-state index in [4.69, 9.17) is 4.74 Å². The van der Waals surface area contributed by atoms with Gasteiger partial charge in [-0.15, -0.1) is 6.58 Å². The van der Waals surface area contributed by atoms with Crippen LogP contribution in [0, 0.1) is 0 Å². The molecule has 1 aromatic rings. The Hall–Kier alpha value is -1.36. The lowest BCUT2D eigenvalue weighted by Gasteiger charge is -2.14. The average molecular weight is 314 g/mol. The van der Waals surface area contributed by atoms with Crippen LogP contribution in [0.5, 0.6) is 0 Å². The number of allylic oxidation sites excluding steroid dienone is 1. The first-order chi connectivity index (χ1) is 8.51. The summed E-state index contributed by atoms with van der Waals surface area (Å²) in [4.78, 5) is 23.9. The van der Waals surface area contributed by atoms with Crippen molar-refractivity contribution < 1.29 is 9.53 Å². The van der Waals surface area contributed by atoms with Crippen LogP contribution in [0.15, 0.2) is 34.2 Å². The van der Waals surface area contributed by atoms with E-state index in [1.165, 1.54) is 4.57 Å². The number of ether oxygens (including phenoxy) is 1. The quantitative estimate of drug-likeness (QED) is 0.619. The molecule has 0 amide bonds. The van der Waals surface area contributed by atoms with Gasteiger partial charge in [-0.25, -0.2) is 0 Å². The Morgan fingerprint density at radius 1 is 1.67 bits per heavy atom. The molecule has 0 saturated carbocycles. The van der Waals surface area contributed by atoms with Gasteiger partial charge in [0.1, 0.15) is 0 Å². The second-order valence-electron chi connectivity index (χ2n) is 3.86. The van der Waals surface area contributed by atoms with E-state index in [0.717, 1.165) is 4.47 Å². The summed E-state index contributed by atoms with van der Waals surface area (Å²) >= 11 is 3.32. The molecule has 1 atom stereocenters. The van der Waals surface area contributed by atoms with Gasteiger partial charge in [0.2, 0.25) is 0 Å². The smallest absolute Gasteiger partial charge is 0.313 e. The first-order valence-corrected chi connectivity index (χ1v) is 6.44. The van der Waals surface area contributed by atoms with E-state index < -0.39 is 11.9 Å². The van der Waals surface area contributed by atoms with Gasteiger partial charge < -0.3 is 9.30 Å². The molecule has 0 radical (unpaired) electrons. The van der Waals surface area contributed by atoms with Crippen LogP contribution in [0.25, 0.3) is 0 Å². The standard InChI is InChI=1S/C13H16BrNO3/c1-4-6-10(13(17)18-5-2)11-7-9(14)8-15(3)12(11)16/h4,7-8,10H,1,5-6H2,2-3H3. The second-order valence-corrected chi connectivity index (χ2v) is 4.77. The molecule has 0 aliphatic carbocycles. The third-order valence-corrected chi connectivity index (χ3v) is 2.96. The summed E-state index contributed by atoms with van der Waals surface area (Å²) in [6, 6.07) is 1.66. The van der Waals surface area contributed by atoms with Crippen LogP contribution in [0.4, 0.5) is 0 Å². The highest BCUT2D eigenvalue weighted by Gasteiger charge is 2.24. The highest BCUT2D eigenvalue weighted by Crippen LogP contribution is 2.21. The van der Waals surface area contributed by atoms with Crippen LogP contribution >= 0.6 is 15.9 Å². The largest absolute Gasteiger partial charge is 0.466 e. The molecule has 5 heteroatoms. The van der Waals surface area contributed by atoms with Crippen molar-refractivity contribution in [2.24, 2.45) is 7.05 Å². The third kappa shape index (κ3) is 3.32. The third-order valence-electron chi connectivity index (χ3n) is 2.53. The van der Waals surface area contributed by atoms with E-state index in [0.29, 0.717) is 18.6 Å². The molecule has 98 valence electrons. The number of hydrogen-bond donors (Lipinski definition) is 0. The molecule has 1 aromatic heterocycles. The summed E-state index contributed by atoms with van der Waals surface area (Å²) in [7, 11) is 1.65. The van der Waals surface area contributed by atoms with Gasteiger partial charge in [-0.2, -0.15) is 0 Å². The maximum atomic E-state index is 12.0. The maximum absolute atomic E-state index is 12.0. The summed E-state index contributed by atoms with van der Waals surface area (Å²) < 4.78 is 7.18. The van der Waals surface area contributed by atoms with E-state index in [1.807, 2.05) is 0 Å². The lowest BCUT2D eigenvalue weighted by atomic mass is 9.97. The van der Waals surface area contributed by atoms with Gasteiger partial charge in [-0.3, -0.25) is 9.59 Å². The second kappa shape index (κ2) is 6.54. The number of pyridine rings is 1. The van der Waals surface area contributed by atoms with Crippen LogP contribution in [0.2, 0.25) is 0 Å². The van der Waals surface area contributed by atoms with E-state index in [2.05, 4.69) is 22.5 Å². The number of halogens is 1. The molecule has 18 heavy (non-hydrogen) atoms. The van der Waals surface area contributed by atoms with Gasteiger partial charge in [-0.05, 0) is 35.3 Å². The Morgan fingerprint density at radius 2 is 2.33 bits per heavy atom. The molecule has 0 bridgehead atoms. The number of hydrogen-bond acceptors (Lipinski definition) is 3. The minimum absolute atomic E-state index is 0.196. The molecule has 0 aliphatic heterocycles. The number of esters is 1. The fourth-order valence-corrected chi connectivity index (χ4v) is 2.26. The zero-order valence-electron chi connectivity index (χ0n) is 10.5. The zero-order valence-corrected chi connectivity index (χ0v) is 12.1.